The van der Waals surface area contributed by atoms with Crippen LogP contribution in [0.1, 0.15) is 17.7 Å². The fourth-order valence-electron chi connectivity index (χ4n) is 1.14. The molecule has 0 aliphatic heterocycles. The lowest BCUT2D eigenvalue weighted by Gasteiger charge is -2.03. The van der Waals surface area contributed by atoms with Crippen LogP contribution in [-0.2, 0) is 10.5 Å². The predicted octanol–water partition coefficient (Wildman–Crippen LogP) is 2.66. The van der Waals surface area contributed by atoms with Gasteiger partial charge in [-0.25, -0.2) is 0 Å². The largest absolute Gasteiger partial charge is 0.385 e. The Kier molecular flexibility index (Phi) is 5.64. The van der Waals surface area contributed by atoms with Crippen molar-refractivity contribution < 1.29 is 4.74 Å². The van der Waals surface area contributed by atoms with E-state index in [1.54, 1.807) is 7.11 Å². The zero-order valence-electron chi connectivity index (χ0n) is 8.82. The minimum Gasteiger partial charge on any atom is -0.385 e. The van der Waals surface area contributed by atoms with Crippen molar-refractivity contribution in [1.29, 1.82) is 0 Å². The summed E-state index contributed by atoms with van der Waals surface area (Å²) in [6.07, 6.45) is 2.98. The summed E-state index contributed by atoms with van der Waals surface area (Å²) in [7, 11) is 1.74. The summed E-state index contributed by atoms with van der Waals surface area (Å²) in [5, 5.41) is 0. The van der Waals surface area contributed by atoms with E-state index in [9.17, 15) is 0 Å². The third-order valence-electron chi connectivity index (χ3n) is 1.99. The molecule has 0 aromatic carbocycles. The van der Waals surface area contributed by atoms with Crippen LogP contribution in [0.15, 0.2) is 18.3 Å². The summed E-state index contributed by atoms with van der Waals surface area (Å²) in [6.45, 7) is 2.96. The van der Waals surface area contributed by atoms with Gasteiger partial charge in [0.15, 0.2) is 0 Å². The molecule has 0 N–H and O–H groups in total. The second-order valence-corrected chi connectivity index (χ2v) is 4.27. The Balaban J connectivity index is 2.21. The second-order valence-electron chi connectivity index (χ2n) is 3.17. The van der Waals surface area contributed by atoms with Gasteiger partial charge in [-0.2, -0.15) is 11.8 Å². The van der Waals surface area contributed by atoms with Crippen LogP contribution in [0.2, 0.25) is 0 Å². The molecule has 1 aromatic rings. The summed E-state index contributed by atoms with van der Waals surface area (Å²) in [5.74, 6) is 2.15. The maximum absolute atomic E-state index is 4.99. The van der Waals surface area contributed by atoms with Gasteiger partial charge in [0, 0.05) is 25.7 Å². The van der Waals surface area contributed by atoms with E-state index in [1.165, 1.54) is 11.3 Å². The lowest BCUT2D eigenvalue weighted by atomic mass is 10.2. The smallest absolute Gasteiger partial charge is 0.0531 e. The van der Waals surface area contributed by atoms with E-state index in [1.807, 2.05) is 24.0 Å². The number of pyridine rings is 1. The maximum atomic E-state index is 4.99. The van der Waals surface area contributed by atoms with E-state index in [4.69, 9.17) is 4.74 Å². The maximum Gasteiger partial charge on any atom is 0.0531 e. The fraction of sp³-hybridized carbons (Fsp3) is 0.545. The second kappa shape index (κ2) is 6.85. The van der Waals surface area contributed by atoms with Crippen molar-refractivity contribution in [1.82, 2.24) is 4.98 Å². The predicted molar refractivity (Wildman–Crippen MR) is 61.6 cm³/mol. The van der Waals surface area contributed by atoms with Crippen LogP contribution in [0, 0.1) is 6.92 Å². The molecule has 0 radical (unpaired) electrons. The first-order chi connectivity index (χ1) is 6.84. The van der Waals surface area contributed by atoms with Gasteiger partial charge in [-0.1, -0.05) is 6.07 Å². The minimum absolute atomic E-state index is 0.855. The van der Waals surface area contributed by atoms with E-state index >= 15 is 0 Å². The molecule has 0 bridgehead atoms. The third-order valence-corrected chi connectivity index (χ3v) is 3.05. The number of rotatable bonds is 6. The van der Waals surface area contributed by atoms with Crippen LogP contribution < -0.4 is 0 Å². The van der Waals surface area contributed by atoms with Gasteiger partial charge in [-0.15, -0.1) is 0 Å². The molecule has 0 atom stereocenters. The molecular formula is C11H17NOS. The first-order valence-electron chi connectivity index (χ1n) is 4.81. The molecule has 1 aromatic heterocycles. The van der Waals surface area contributed by atoms with E-state index in [0.29, 0.717) is 0 Å². The number of methoxy groups -OCH3 is 1. The van der Waals surface area contributed by atoms with Crippen LogP contribution in [0.5, 0.6) is 0 Å². The average Bonchev–Trinajstić information content (AvgIpc) is 2.20. The summed E-state index contributed by atoms with van der Waals surface area (Å²) in [4.78, 5) is 4.34. The Labute approximate surface area is 90.1 Å². The lowest BCUT2D eigenvalue weighted by Crippen LogP contribution is -1.94. The quantitative estimate of drug-likeness (QED) is 0.675. The zero-order valence-corrected chi connectivity index (χ0v) is 9.64. The Bertz CT molecular complexity index is 265. The van der Waals surface area contributed by atoms with Crippen LogP contribution in [0.25, 0.3) is 0 Å². The van der Waals surface area contributed by atoms with E-state index in [0.717, 1.165) is 24.5 Å². The zero-order chi connectivity index (χ0) is 10.2. The molecule has 0 spiro atoms. The van der Waals surface area contributed by atoms with Crippen molar-refractivity contribution in [2.75, 3.05) is 19.5 Å². The summed E-state index contributed by atoms with van der Waals surface area (Å²) < 4.78 is 4.99. The highest BCUT2D eigenvalue weighted by Crippen LogP contribution is 2.13. The van der Waals surface area contributed by atoms with Gasteiger partial charge in [-0.3, -0.25) is 4.98 Å². The van der Waals surface area contributed by atoms with Gasteiger partial charge in [0.05, 0.1) is 5.69 Å². The van der Waals surface area contributed by atoms with Gasteiger partial charge in [0.25, 0.3) is 0 Å². The first-order valence-corrected chi connectivity index (χ1v) is 5.97. The van der Waals surface area contributed by atoms with E-state index in [2.05, 4.69) is 18.0 Å². The fourth-order valence-corrected chi connectivity index (χ4v) is 2.11. The number of hydrogen-bond acceptors (Lipinski definition) is 3. The topological polar surface area (TPSA) is 22.1 Å². The summed E-state index contributed by atoms with van der Waals surface area (Å²) >= 11 is 1.92. The van der Waals surface area contributed by atoms with E-state index < -0.39 is 0 Å². The molecule has 0 aliphatic rings. The normalized spacial score (nSPS) is 10.4. The molecule has 0 fully saturated rings. The number of aryl methyl sites for hydroxylation is 1. The van der Waals surface area contributed by atoms with Gasteiger partial charge in [0.1, 0.15) is 0 Å². The monoisotopic (exact) mass is 211 g/mol. The molecule has 1 rings (SSSR count). The van der Waals surface area contributed by atoms with Crippen molar-refractivity contribution in [2.45, 2.75) is 19.1 Å². The van der Waals surface area contributed by atoms with Gasteiger partial charge in [-0.05, 0) is 30.7 Å². The molecule has 0 unspecified atom stereocenters. The van der Waals surface area contributed by atoms with E-state index in [-0.39, 0.29) is 0 Å². The lowest BCUT2D eigenvalue weighted by molar-refractivity contribution is 0.200. The Hall–Kier alpha value is -0.540. The van der Waals surface area contributed by atoms with Crippen molar-refractivity contribution >= 4 is 11.8 Å². The minimum atomic E-state index is 0.855. The molecule has 14 heavy (non-hydrogen) atoms. The molecule has 0 saturated carbocycles. The molecule has 0 aliphatic carbocycles. The number of hydrogen-bond donors (Lipinski definition) is 0. The number of nitrogens with zero attached hydrogens (tertiary/aromatic N) is 1. The number of thioether (sulfide) groups is 1. The van der Waals surface area contributed by atoms with Crippen molar-refractivity contribution in [2.24, 2.45) is 0 Å². The van der Waals surface area contributed by atoms with Crippen molar-refractivity contribution in [3.63, 3.8) is 0 Å². The molecule has 3 heteroatoms. The van der Waals surface area contributed by atoms with Gasteiger partial charge < -0.3 is 4.74 Å². The number of aromatic nitrogens is 1. The van der Waals surface area contributed by atoms with Crippen molar-refractivity contribution in [3.05, 3.63) is 29.6 Å². The summed E-state index contributed by atoms with van der Waals surface area (Å²) in [5.41, 5.74) is 2.49. The van der Waals surface area contributed by atoms with Crippen LogP contribution >= 0.6 is 11.8 Å². The number of ether oxygens (including phenoxy) is 1. The first kappa shape index (κ1) is 11.5. The van der Waals surface area contributed by atoms with Crippen LogP contribution in [0.3, 0.4) is 0 Å². The third kappa shape index (κ3) is 4.11. The Morgan fingerprint density at radius 2 is 2.36 bits per heavy atom. The molecule has 0 amide bonds. The van der Waals surface area contributed by atoms with Crippen LogP contribution in [-0.4, -0.2) is 24.5 Å². The van der Waals surface area contributed by atoms with Gasteiger partial charge in [0.2, 0.25) is 0 Å². The molecule has 1 heterocycles. The van der Waals surface area contributed by atoms with Gasteiger partial charge >= 0.3 is 0 Å². The Morgan fingerprint density at radius 3 is 3.07 bits per heavy atom. The highest BCUT2D eigenvalue weighted by Gasteiger charge is 1.98. The van der Waals surface area contributed by atoms with Crippen molar-refractivity contribution in [3.8, 4) is 0 Å². The molecular weight excluding hydrogens is 194 g/mol. The average molecular weight is 211 g/mol. The SMILES string of the molecule is COCCCSCc1ncccc1C. The summed E-state index contributed by atoms with van der Waals surface area (Å²) in [6, 6.07) is 4.09. The molecule has 2 nitrogen and oxygen atoms in total. The molecule has 78 valence electrons. The standard InChI is InChI=1S/C11H17NOS/c1-10-5-3-6-12-11(10)9-14-8-4-7-13-2/h3,5-6H,4,7-9H2,1-2H3. The Morgan fingerprint density at radius 1 is 1.50 bits per heavy atom. The molecule has 0 saturated heterocycles. The van der Waals surface area contributed by atoms with Crippen LogP contribution in [0.4, 0.5) is 0 Å². The highest BCUT2D eigenvalue weighted by molar-refractivity contribution is 7.98. The highest BCUT2D eigenvalue weighted by atomic mass is 32.2.